The van der Waals surface area contributed by atoms with Gasteiger partial charge in [-0.25, -0.2) is 4.98 Å². The summed E-state index contributed by atoms with van der Waals surface area (Å²) in [5.41, 5.74) is 4.13. The van der Waals surface area contributed by atoms with Gasteiger partial charge in [-0.05, 0) is 41.4 Å². The number of carbonyl (C=O) groups is 1. The SMILES string of the molecule is Cc1ccc(-c2nc(NC(=O)C(Br)=Cc3ccccc3)sc2C)cc1. The Hall–Kier alpha value is -2.24. The van der Waals surface area contributed by atoms with Crippen LogP contribution in [0.15, 0.2) is 59.1 Å². The van der Waals surface area contributed by atoms with Crippen molar-refractivity contribution in [1.29, 1.82) is 0 Å². The predicted molar refractivity (Wildman–Crippen MR) is 109 cm³/mol. The van der Waals surface area contributed by atoms with Crippen LogP contribution in [0.2, 0.25) is 0 Å². The summed E-state index contributed by atoms with van der Waals surface area (Å²) in [6, 6.07) is 17.9. The first-order valence-electron chi connectivity index (χ1n) is 7.81. The number of anilines is 1. The lowest BCUT2D eigenvalue weighted by Crippen LogP contribution is -2.10. The molecule has 1 heterocycles. The number of benzene rings is 2. The van der Waals surface area contributed by atoms with Gasteiger partial charge < -0.3 is 0 Å². The molecule has 0 spiro atoms. The number of hydrogen-bond acceptors (Lipinski definition) is 3. The van der Waals surface area contributed by atoms with Crippen molar-refractivity contribution in [2.45, 2.75) is 13.8 Å². The largest absolute Gasteiger partial charge is 0.297 e. The van der Waals surface area contributed by atoms with Crippen LogP contribution in [-0.2, 0) is 4.79 Å². The average molecular weight is 413 g/mol. The number of hydrogen-bond donors (Lipinski definition) is 1. The maximum atomic E-state index is 12.4. The molecule has 3 nitrogen and oxygen atoms in total. The van der Waals surface area contributed by atoms with Crippen molar-refractivity contribution >= 4 is 44.4 Å². The van der Waals surface area contributed by atoms with E-state index in [2.05, 4.69) is 45.3 Å². The molecule has 0 saturated carbocycles. The number of aryl methyl sites for hydroxylation is 2. The van der Waals surface area contributed by atoms with Crippen LogP contribution in [-0.4, -0.2) is 10.9 Å². The number of nitrogens with one attached hydrogen (secondary N) is 1. The molecule has 0 aliphatic rings. The number of thiazole rings is 1. The smallest absolute Gasteiger partial charge is 0.264 e. The molecule has 25 heavy (non-hydrogen) atoms. The third-order valence-electron chi connectivity index (χ3n) is 3.65. The number of rotatable bonds is 4. The molecule has 0 radical (unpaired) electrons. The van der Waals surface area contributed by atoms with E-state index >= 15 is 0 Å². The molecule has 0 aliphatic heterocycles. The Bertz CT molecular complexity index is 915. The van der Waals surface area contributed by atoms with E-state index in [1.165, 1.54) is 16.9 Å². The highest BCUT2D eigenvalue weighted by Gasteiger charge is 2.13. The summed E-state index contributed by atoms with van der Waals surface area (Å²) in [4.78, 5) is 18.0. The van der Waals surface area contributed by atoms with Crippen molar-refractivity contribution in [2.75, 3.05) is 5.32 Å². The molecule has 0 bridgehead atoms. The zero-order valence-corrected chi connectivity index (χ0v) is 16.3. The van der Waals surface area contributed by atoms with E-state index in [-0.39, 0.29) is 5.91 Å². The number of amides is 1. The molecule has 0 fully saturated rings. The Labute approximate surface area is 159 Å². The van der Waals surface area contributed by atoms with Gasteiger partial charge in [-0.2, -0.15) is 0 Å². The molecule has 3 aromatic rings. The van der Waals surface area contributed by atoms with Crippen LogP contribution in [0.3, 0.4) is 0 Å². The molecule has 0 saturated heterocycles. The van der Waals surface area contributed by atoms with Crippen LogP contribution in [0.5, 0.6) is 0 Å². The Morgan fingerprint density at radius 2 is 1.76 bits per heavy atom. The van der Waals surface area contributed by atoms with Gasteiger partial charge in [0.15, 0.2) is 5.13 Å². The molecule has 126 valence electrons. The third-order valence-corrected chi connectivity index (χ3v) is 5.13. The van der Waals surface area contributed by atoms with E-state index in [0.29, 0.717) is 9.61 Å². The van der Waals surface area contributed by atoms with Crippen LogP contribution in [0.4, 0.5) is 5.13 Å². The standard InChI is InChI=1S/C20H17BrN2OS/c1-13-8-10-16(11-9-13)18-14(2)25-20(22-18)23-19(24)17(21)12-15-6-4-3-5-7-15/h3-12H,1-2H3,(H,22,23,24). The molecule has 2 aromatic carbocycles. The van der Waals surface area contributed by atoms with Crippen molar-refractivity contribution in [3.8, 4) is 11.3 Å². The van der Waals surface area contributed by atoms with Gasteiger partial charge in [0.2, 0.25) is 0 Å². The van der Waals surface area contributed by atoms with Crippen LogP contribution in [0.1, 0.15) is 16.0 Å². The topological polar surface area (TPSA) is 42.0 Å². The minimum Gasteiger partial charge on any atom is -0.297 e. The summed E-state index contributed by atoms with van der Waals surface area (Å²) in [6.07, 6.45) is 1.79. The highest BCUT2D eigenvalue weighted by molar-refractivity contribution is 9.12. The molecule has 3 rings (SSSR count). The fourth-order valence-corrected chi connectivity index (χ4v) is 3.54. The van der Waals surface area contributed by atoms with E-state index in [1.807, 2.05) is 49.4 Å². The van der Waals surface area contributed by atoms with E-state index in [4.69, 9.17) is 0 Å². The van der Waals surface area contributed by atoms with Gasteiger partial charge in [-0.15, -0.1) is 11.3 Å². The van der Waals surface area contributed by atoms with Gasteiger partial charge in [-0.3, -0.25) is 10.1 Å². The molecule has 1 amide bonds. The minimum atomic E-state index is -0.215. The number of nitrogens with zero attached hydrogens (tertiary/aromatic N) is 1. The van der Waals surface area contributed by atoms with Gasteiger partial charge in [0.1, 0.15) is 0 Å². The van der Waals surface area contributed by atoms with Crippen molar-refractivity contribution in [3.63, 3.8) is 0 Å². The quantitative estimate of drug-likeness (QED) is 0.549. The summed E-state index contributed by atoms with van der Waals surface area (Å²) < 4.78 is 0.462. The van der Waals surface area contributed by atoms with Gasteiger partial charge in [-0.1, -0.05) is 60.2 Å². The van der Waals surface area contributed by atoms with Gasteiger partial charge >= 0.3 is 0 Å². The lowest BCUT2D eigenvalue weighted by molar-refractivity contribution is -0.112. The van der Waals surface area contributed by atoms with Gasteiger partial charge in [0.25, 0.3) is 5.91 Å². The predicted octanol–water partition coefficient (Wildman–Crippen LogP) is 5.80. The van der Waals surface area contributed by atoms with Crippen molar-refractivity contribution < 1.29 is 4.79 Å². The van der Waals surface area contributed by atoms with Crippen molar-refractivity contribution in [3.05, 3.63) is 75.1 Å². The van der Waals surface area contributed by atoms with Crippen molar-refractivity contribution in [1.82, 2.24) is 4.98 Å². The van der Waals surface area contributed by atoms with E-state index < -0.39 is 0 Å². The molecular formula is C20H17BrN2OS. The monoisotopic (exact) mass is 412 g/mol. The van der Waals surface area contributed by atoms with Crippen LogP contribution in [0.25, 0.3) is 17.3 Å². The third kappa shape index (κ3) is 4.44. The van der Waals surface area contributed by atoms with E-state index in [0.717, 1.165) is 21.7 Å². The molecule has 0 unspecified atom stereocenters. The van der Waals surface area contributed by atoms with E-state index in [9.17, 15) is 4.79 Å². The maximum Gasteiger partial charge on any atom is 0.264 e. The first-order valence-corrected chi connectivity index (χ1v) is 9.42. The second-order valence-electron chi connectivity index (χ2n) is 5.65. The Morgan fingerprint density at radius 1 is 1.08 bits per heavy atom. The lowest BCUT2D eigenvalue weighted by Gasteiger charge is -2.01. The normalized spacial score (nSPS) is 11.4. The van der Waals surface area contributed by atoms with Gasteiger partial charge in [0.05, 0.1) is 10.2 Å². The first-order chi connectivity index (χ1) is 12.0. The minimum absolute atomic E-state index is 0.215. The Balaban J connectivity index is 1.77. The molecule has 1 N–H and O–H groups in total. The highest BCUT2D eigenvalue weighted by Crippen LogP contribution is 2.31. The second kappa shape index (κ2) is 7.76. The molecule has 5 heteroatoms. The number of carbonyl (C=O) groups excluding carboxylic acids is 1. The van der Waals surface area contributed by atoms with E-state index in [1.54, 1.807) is 6.08 Å². The molecular weight excluding hydrogens is 396 g/mol. The highest BCUT2D eigenvalue weighted by atomic mass is 79.9. The summed E-state index contributed by atoms with van der Waals surface area (Å²) >= 11 is 4.82. The second-order valence-corrected chi connectivity index (χ2v) is 7.70. The van der Waals surface area contributed by atoms with Crippen molar-refractivity contribution in [2.24, 2.45) is 0 Å². The fourth-order valence-electron chi connectivity index (χ4n) is 2.35. The van der Waals surface area contributed by atoms with Crippen LogP contribution >= 0.6 is 27.3 Å². The zero-order valence-electron chi connectivity index (χ0n) is 13.9. The van der Waals surface area contributed by atoms with Crippen LogP contribution < -0.4 is 5.32 Å². The Morgan fingerprint density at radius 3 is 2.44 bits per heavy atom. The maximum absolute atomic E-state index is 12.4. The fraction of sp³-hybridized carbons (Fsp3) is 0.100. The average Bonchev–Trinajstić information content (AvgIpc) is 2.96. The zero-order chi connectivity index (χ0) is 17.8. The molecule has 1 aromatic heterocycles. The number of aromatic nitrogens is 1. The summed E-state index contributed by atoms with van der Waals surface area (Å²) in [5.74, 6) is -0.215. The summed E-state index contributed by atoms with van der Waals surface area (Å²) in [6.45, 7) is 4.07. The number of halogens is 1. The molecule has 0 aliphatic carbocycles. The summed E-state index contributed by atoms with van der Waals surface area (Å²) in [7, 11) is 0. The first kappa shape index (κ1) is 17.6. The lowest BCUT2D eigenvalue weighted by atomic mass is 10.1. The van der Waals surface area contributed by atoms with Crippen LogP contribution in [0, 0.1) is 13.8 Å². The molecule has 0 atom stereocenters. The summed E-state index contributed by atoms with van der Waals surface area (Å²) in [5, 5.41) is 3.45. The van der Waals surface area contributed by atoms with Gasteiger partial charge in [0, 0.05) is 10.4 Å². The Kier molecular flexibility index (Phi) is 5.46.